The molecule has 0 fully saturated rings. The van der Waals surface area contributed by atoms with Gasteiger partial charge in [-0.3, -0.25) is 10.00 Å². The predicted octanol–water partition coefficient (Wildman–Crippen LogP) is 4.50. The monoisotopic (exact) mass is 355 g/mol. The van der Waals surface area contributed by atoms with Crippen molar-refractivity contribution in [2.24, 2.45) is 0 Å². The molecule has 3 aromatic rings. The average molecular weight is 356 g/mol. The second-order valence-electron chi connectivity index (χ2n) is 6.42. The molecule has 0 spiro atoms. The molecule has 0 aliphatic heterocycles. The van der Waals surface area contributed by atoms with Crippen molar-refractivity contribution in [3.63, 3.8) is 0 Å². The topological polar surface area (TPSA) is 52.1 Å². The minimum absolute atomic E-state index is 0.300. The summed E-state index contributed by atoms with van der Waals surface area (Å²) in [5, 5.41) is 17.4. The van der Waals surface area contributed by atoms with Crippen LogP contribution in [0.4, 0.5) is 0 Å². The molecule has 0 bridgehead atoms. The smallest absolute Gasteiger partial charge is 0.115 e. The van der Waals surface area contributed by atoms with Crippen LogP contribution >= 0.6 is 11.6 Å². The molecule has 0 aliphatic rings. The Hall–Kier alpha value is -2.30. The number of hydrogen-bond donors (Lipinski definition) is 2. The zero-order chi connectivity index (χ0) is 17.8. The molecule has 0 saturated carbocycles. The molecule has 1 aromatic heterocycles. The van der Waals surface area contributed by atoms with Crippen LogP contribution in [-0.4, -0.2) is 33.3 Å². The van der Waals surface area contributed by atoms with Gasteiger partial charge in [0.2, 0.25) is 0 Å². The maximum absolute atomic E-state index is 9.40. The van der Waals surface area contributed by atoms with Gasteiger partial charge in [-0.15, -0.1) is 0 Å². The van der Waals surface area contributed by atoms with Crippen molar-refractivity contribution in [2.45, 2.75) is 25.9 Å². The van der Waals surface area contributed by atoms with E-state index in [2.05, 4.69) is 29.1 Å². The fourth-order valence-corrected chi connectivity index (χ4v) is 3.07. The van der Waals surface area contributed by atoms with Crippen molar-refractivity contribution in [1.29, 1.82) is 0 Å². The zero-order valence-electron chi connectivity index (χ0n) is 14.4. The van der Waals surface area contributed by atoms with Crippen molar-refractivity contribution in [2.75, 3.05) is 7.05 Å². The normalized spacial score (nSPS) is 12.5. The number of aromatic nitrogens is 2. The predicted molar refractivity (Wildman–Crippen MR) is 102 cm³/mol. The number of phenolic OH excluding ortho intramolecular Hbond substituents is 1. The summed E-state index contributed by atoms with van der Waals surface area (Å²) in [5.41, 5.74) is 4.40. The van der Waals surface area contributed by atoms with Gasteiger partial charge in [-0.2, -0.15) is 5.10 Å². The van der Waals surface area contributed by atoms with E-state index in [4.69, 9.17) is 11.6 Å². The van der Waals surface area contributed by atoms with E-state index >= 15 is 0 Å². The summed E-state index contributed by atoms with van der Waals surface area (Å²) >= 11 is 6.11. The highest BCUT2D eigenvalue weighted by atomic mass is 35.5. The van der Waals surface area contributed by atoms with Gasteiger partial charge in [-0.05, 0) is 50.2 Å². The Bertz CT molecular complexity index is 829. The van der Waals surface area contributed by atoms with Crippen molar-refractivity contribution in [3.8, 4) is 17.0 Å². The molecule has 0 saturated heterocycles. The second-order valence-corrected chi connectivity index (χ2v) is 6.85. The molecular formula is C20H22ClN3O. The van der Waals surface area contributed by atoms with Gasteiger partial charge in [-0.25, -0.2) is 0 Å². The van der Waals surface area contributed by atoms with Gasteiger partial charge in [0.15, 0.2) is 0 Å². The number of hydrogen-bond acceptors (Lipinski definition) is 3. The highest BCUT2D eigenvalue weighted by molar-refractivity contribution is 6.30. The summed E-state index contributed by atoms with van der Waals surface area (Å²) in [6.07, 6.45) is 2.79. The van der Waals surface area contributed by atoms with Gasteiger partial charge in [0.1, 0.15) is 5.75 Å². The lowest BCUT2D eigenvalue weighted by Gasteiger charge is -2.25. The number of phenols is 1. The largest absolute Gasteiger partial charge is 0.508 e. The molecule has 1 unspecified atom stereocenters. The number of nitrogens with zero attached hydrogens (tertiary/aromatic N) is 2. The van der Waals surface area contributed by atoms with Crippen LogP contribution < -0.4 is 0 Å². The minimum atomic E-state index is 0.300. The van der Waals surface area contributed by atoms with Gasteiger partial charge in [0.25, 0.3) is 0 Å². The van der Waals surface area contributed by atoms with E-state index in [1.54, 1.807) is 12.1 Å². The molecule has 2 aromatic carbocycles. The first-order chi connectivity index (χ1) is 12.0. The quantitative estimate of drug-likeness (QED) is 0.684. The standard InChI is InChI=1S/C20H22ClN3O/c1-14(10-15-6-8-19(25)9-7-15)24(2)13-17-12-22-23-20(17)16-4-3-5-18(21)11-16/h3-9,11-12,14,25H,10,13H2,1-2H3,(H,22,23). The van der Waals surface area contributed by atoms with Crippen LogP contribution in [0.2, 0.25) is 5.02 Å². The van der Waals surface area contributed by atoms with Crippen molar-refractivity contribution in [3.05, 3.63) is 70.9 Å². The third kappa shape index (κ3) is 4.41. The molecular weight excluding hydrogens is 334 g/mol. The van der Waals surface area contributed by atoms with Crippen LogP contribution in [0.1, 0.15) is 18.1 Å². The van der Waals surface area contributed by atoms with Crippen LogP contribution in [0, 0.1) is 0 Å². The third-order valence-electron chi connectivity index (χ3n) is 4.47. The van der Waals surface area contributed by atoms with Gasteiger partial charge >= 0.3 is 0 Å². The van der Waals surface area contributed by atoms with E-state index in [1.165, 1.54) is 5.56 Å². The SMILES string of the molecule is CC(Cc1ccc(O)cc1)N(C)Cc1cn[nH]c1-c1cccc(Cl)c1. The maximum Gasteiger partial charge on any atom is 0.115 e. The number of halogens is 1. The first-order valence-corrected chi connectivity index (χ1v) is 8.67. The van der Waals surface area contributed by atoms with Crippen molar-refractivity contribution in [1.82, 2.24) is 15.1 Å². The summed E-state index contributed by atoms with van der Waals surface area (Å²) < 4.78 is 0. The van der Waals surface area contributed by atoms with Crippen LogP contribution in [0.15, 0.2) is 54.7 Å². The van der Waals surface area contributed by atoms with E-state index in [1.807, 2.05) is 42.6 Å². The molecule has 0 radical (unpaired) electrons. The Labute approximate surface area is 153 Å². The minimum Gasteiger partial charge on any atom is -0.508 e. The molecule has 25 heavy (non-hydrogen) atoms. The molecule has 1 atom stereocenters. The summed E-state index contributed by atoms with van der Waals surface area (Å²) in [5.74, 6) is 0.300. The summed E-state index contributed by atoms with van der Waals surface area (Å²) in [6.45, 7) is 2.99. The molecule has 5 heteroatoms. The van der Waals surface area contributed by atoms with E-state index in [0.29, 0.717) is 16.8 Å². The second kappa shape index (κ2) is 7.72. The molecule has 2 N–H and O–H groups in total. The number of H-pyrrole nitrogens is 1. The number of benzene rings is 2. The molecule has 1 heterocycles. The fourth-order valence-electron chi connectivity index (χ4n) is 2.88. The summed E-state index contributed by atoms with van der Waals surface area (Å²) in [6, 6.07) is 15.5. The van der Waals surface area contributed by atoms with Gasteiger partial charge in [0.05, 0.1) is 11.9 Å². The van der Waals surface area contributed by atoms with Gasteiger partial charge < -0.3 is 5.11 Å². The van der Waals surface area contributed by atoms with E-state index in [0.717, 1.165) is 29.8 Å². The zero-order valence-corrected chi connectivity index (χ0v) is 15.2. The highest BCUT2D eigenvalue weighted by Crippen LogP contribution is 2.25. The number of likely N-dealkylation sites (N-methyl/N-ethyl adjacent to an activating group) is 1. The lowest BCUT2D eigenvalue weighted by molar-refractivity contribution is 0.248. The number of aromatic hydroxyl groups is 1. The van der Waals surface area contributed by atoms with Crippen LogP contribution in [0.25, 0.3) is 11.3 Å². The number of rotatable bonds is 6. The van der Waals surface area contributed by atoms with E-state index in [-0.39, 0.29) is 0 Å². The lowest BCUT2D eigenvalue weighted by atomic mass is 10.0. The van der Waals surface area contributed by atoms with Gasteiger partial charge in [0, 0.05) is 28.7 Å². The molecule has 130 valence electrons. The lowest BCUT2D eigenvalue weighted by Crippen LogP contribution is -2.30. The molecule has 0 amide bonds. The Morgan fingerprint density at radius 1 is 1.20 bits per heavy atom. The van der Waals surface area contributed by atoms with Crippen molar-refractivity contribution >= 4 is 11.6 Å². The van der Waals surface area contributed by atoms with Crippen molar-refractivity contribution < 1.29 is 5.11 Å². The first kappa shape index (κ1) is 17.5. The van der Waals surface area contributed by atoms with Crippen LogP contribution in [0.5, 0.6) is 5.75 Å². The van der Waals surface area contributed by atoms with Crippen LogP contribution in [0.3, 0.4) is 0 Å². The van der Waals surface area contributed by atoms with E-state index in [9.17, 15) is 5.11 Å². The Morgan fingerprint density at radius 3 is 2.68 bits per heavy atom. The van der Waals surface area contributed by atoms with Crippen LogP contribution in [-0.2, 0) is 13.0 Å². The third-order valence-corrected chi connectivity index (χ3v) is 4.71. The Kier molecular flexibility index (Phi) is 5.41. The highest BCUT2D eigenvalue weighted by Gasteiger charge is 2.15. The summed E-state index contributed by atoms with van der Waals surface area (Å²) in [4.78, 5) is 2.30. The average Bonchev–Trinajstić information content (AvgIpc) is 3.05. The Morgan fingerprint density at radius 2 is 1.96 bits per heavy atom. The molecule has 0 aliphatic carbocycles. The molecule has 4 nitrogen and oxygen atoms in total. The molecule has 3 rings (SSSR count). The maximum atomic E-state index is 9.40. The Balaban J connectivity index is 1.70. The number of nitrogens with one attached hydrogen (secondary N) is 1. The number of aromatic amines is 1. The fraction of sp³-hybridized carbons (Fsp3) is 0.250. The summed E-state index contributed by atoms with van der Waals surface area (Å²) in [7, 11) is 2.11. The van der Waals surface area contributed by atoms with E-state index < -0.39 is 0 Å². The first-order valence-electron chi connectivity index (χ1n) is 8.29. The van der Waals surface area contributed by atoms with Gasteiger partial charge in [-0.1, -0.05) is 35.9 Å².